The zero-order chi connectivity index (χ0) is 25.7. The van der Waals surface area contributed by atoms with E-state index in [1.165, 1.54) is 18.4 Å². The first-order chi connectivity index (χ1) is 18.7. The van der Waals surface area contributed by atoms with Gasteiger partial charge in [-0.1, -0.05) is 36.4 Å². The van der Waals surface area contributed by atoms with Crippen LogP contribution in [0.3, 0.4) is 0 Å². The number of morpholine rings is 1. The summed E-state index contributed by atoms with van der Waals surface area (Å²) in [7, 11) is 0. The maximum absolute atomic E-state index is 13.8. The lowest BCUT2D eigenvalue weighted by molar-refractivity contribution is 0.0322. The molecule has 0 N–H and O–H groups in total. The van der Waals surface area contributed by atoms with E-state index in [-0.39, 0.29) is 5.78 Å². The molecule has 6 rings (SSSR count). The molecule has 1 saturated heterocycles. The molecule has 5 nitrogen and oxygen atoms in total. The lowest BCUT2D eigenvalue weighted by atomic mass is 9.94. The van der Waals surface area contributed by atoms with Crippen LogP contribution in [-0.4, -0.2) is 56.2 Å². The Labute approximate surface area is 225 Å². The van der Waals surface area contributed by atoms with Gasteiger partial charge in [-0.05, 0) is 84.3 Å². The summed E-state index contributed by atoms with van der Waals surface area (Å²) >= 11 is 0. The van der Waals surface area contributed by atoms with Crippen LogP contribution in [0.1, 0.15) is 52.7 Å². The average molecular weight is 510 g/mol. The summed E-state index contributed by atoms with van der Waals surface area (Å²) in [5.74, 6) is 1.77. The molecule has 1 aliphatic heterocycles. The smallest absolute Gasteiger partial charge is 0.189 e. The molecular formula is C33H35NO4. The van der Waals surface area contributed by atoms with Crippen molar-refractivity contribution in [2.75, 3.05) is 39.5 Å². The second-order valence-electron chi connectivity index (χ2n) is 10.4. The summed E-state index contributed by atoms with van der Waals surface area (Å²) in [5, 5.41) is 0. The summed E-state index contributed by atoms with van der Waals surface area (Å²) in [6.07, 6.45) is 5.66. The molecule has 0 amide bonds. The fraction of sp³-hybridized carbons (Fsp3) is 0.364. The molecule has 2 fully saturated rings. The number of ether oxygens (including phenoxy) is 3. The van der Waals surface area contributed by atoms with Crippen molar-refractivity contribution >= 4 is 11.4 Å². The van der Waals surface area contributed by atoms with E-state index in [9.17, 15) is 4.79 Å². The van der Waals surface area contributed by atoms with Gasteiger partial charge in [-0.2, -0.15) is 0 Å². The topological polar surface area (TPSA) is 48.0 Å². The number of carbonyl (C=O) groups excluding carboxylic acids is 1. The van der Waals surface area contributed by atoms with Crippen molar-refractivity contribution < 1.29 is 19.0 Å². The molecule has 0 unspecified atom stereocenters. The summed E-state index contributed by atoms with van der Waals surface area (Å²) < 4.78 is 17.5. The number of carbonyl (C=O) groups is 1. The standard InChI is InChI=1S/C33H35NO4/c35-33(25-11-15-29(16-12-25)38-28-6-2-3-7-28)31-23-26-5-1-4-8-30(26)32(31)24-9-13-27(14-10-24)37-22-19-34-17-20-36-21-18-34/h1,4-5,8-16,28H,2-3,6-7,17-23H2. The molecule has 1 heterocycles. The van der Waals surface area contributed by atoms with Gasteiger partial charge in [-0.15, -0.1) is 0 Å². The van der Waals surface area contributed by atoms with Gasteiger partial charge in [0, 0.05) is 37.2 Å². The van der Waals surface area contributed by atoms with Gasteiger partial charge in [-0.3, -0.25) is 9.69 Å². The molecular weight excluding hydrogens is 474 g/mol. The molecule has 0 radical (unpaired) electrons. The summed E-state index contributed by atoms with van der Waals surface area (Å²) in [6.45, 7) is 5.06. The van der Waals surface area contributed by atoms with Crippen LogP contribution in [0.25, 0.3) is 5.57 Å². The number of hydrogen-bond donors (Lipinski definition) is 0. The van der Waals surface area contributed by atoms with Crippen molar-refractivity contribution in [3.8, 4) is 11.5 Å². The Hall–Kier alpha value is -3.41. The van der Waals surface area contributed by atoms with Gasteiger partial charge in [0.1, 0.15) is 18.1 Å². The highest BCUT2D eigenvalue weighted by Crippen LogP contribution is 2.39. The third-order valence-corrected chi connectivity index (χ3v) is 7.87. The van der Waals surface area contributed by atoms with Crippen molar-refractivity contribution in [2.45, 2.75) is 38.2 Å². The minimum absolute atomic E-state index is 0.0782. The van der Waals surface area contributed by atoms with Crippen molar-refractivity contribution in [1.29, 1.82) is 0 Å². The van der Waals surface area contributed by atoms with E-state index < -0.39 is 0 Å². The highest BCUT2D eigenvalue weighted by atomic mass is 16.5. The monoisotopic (exact) mass is 509 g/mol. The van der Waals surface area contributed by atoms with Crippen LogP contribution in [0.5, 0.6) is 11.5 Å². The van der Waals surface area contributed by atoms with E-state index in [2.05, 4.69) is 29.2 Å². The van der Waals surface area contributed by atoms with Crippen LogP contribution in [0, 0.1) is 0 Å². The van der Waals surface area contributed by atoms with E-state index in [1.54, 1.807) is 0 Å². The SMILES string of the molecule is O=C(C1=C(c2ccc(OCCN3CCOCC3)cc2)c2ccccc2C1)c1ccc(OC2CCCC2)cc1. The van der Waals surface area contributed by atoms with Crippen LogP contribution in [0.15, 0.2) is 78.4 Å². The zero-order valence-corrected chi connectivity index (χ0v) is 21.9. The third-order valence-electron chi connectivity index (χ3n) is 7.87. The second-order valence-corrected chi connectivity index (χ2v) is 10.4. The molecule has 2 aliphatic carbocycles. The van der Waals surface area contributed by atoms with Gasteiger partial charge in [0.2, 0.25) is 0 Å². The molecule has 3 aromatic carbocycles. The van der Waals surface area contributed by atoms with E-state index in [1.807, 2.05) is 48.5 Å². The van der Waals surface area contributed by atoms with E-state index in [0.29, 0.717) is 24.7 Å². The van der Waals surface area contributed by atoms with Gasteiger partial charge >= 0.3 is 0 Å². The molecule has 0 spiro atoms. The molecule has 0 atom stereocenters. The van der Waals surface area contributed by atoms with Crippen LogP contribution in [0.4, 0.5) is 0 Å². The van der Waals surface area contributed by atoms with Gasteiger partial charge < -0.3 is 14.2 Å². The first-order valence-corrected chi connectivity index (χ1v) is 13.9. The molecule has 1 saturated carbocycles. The van der Waals surface area contributed by atoms with Gasteiger partial charge in [0.15, 0.2) is 5.78 Å². The summed E-state index contributed by atoms with van der Waals surface area (Å²) in [5.41, 5.74) is 5.94. The Morgan fingerprint density at radius 3 is 2.34 bits per heavy atom. The Balaban J connectivity index is 1.19. The number of fused-ring (bicyclic) bond motifs is 1. The molecule has 196 valence electrons. The molecule has 3 aliphatic rings. The molecule has 38 heavy (non-hydrogen) atoms. The van der Waals surface area contributed by atoms with Crippen LogP contribution >= 0.6 is 0 Å². The third kappa shape index (κ3) is 5.54. The highest BCUT2D eigenvalue weighted by Gasteiger charge is 2.28. The Bertz CT molecular complexity index is 1280. The minimum atomic E-state index is 0.0782. The number of Topliss-reactive ketones (excluding diaryl/α,β-unsaturated/α-hetero) is 1. The molecule has 5 heteroatoms. The number of rotatable bonds is 9. The van der Waals surface area contributed by atoms with Crippen LogP contribution < -0.4 is 9.47 Å². The quantitative estimate of drug-likeness (QED) is 0.333. The van der Waals surface area contributed by atoms with Gasteiger partial charge in [0.05, 0.1) is 19.3 Å². The van der Waals surface area contributed by atoms with Crippen molar-refractivity contribution in [2.24, 2.45) is 0 Å². The van der Waals surface area contributed by atoms with Crippen molar-refractivity contribution in [1.82, 2.24) is 4.90 Å². The molecule has 0 aromatic heterocycles. The predicted octanol–water partition coefficient (Wildman–Crippen LogP) is 5.96. The Morgan fingerprint density at radius 2 is 1.58 bits per heavy atom. The van der Waals surface area contributed by atoms with Crippen LogP contribution in [0.2, 0.25) is 0 Å². The zero-order valence-electron chi connectivity index (χ0n) is 21.9. The number of benzene rings is 3. The van der Waals surface area contributed by atoms with Gasteiger partial charge in [0.25, 0.3) is 0 Å². The molecule has 3 aromatic rings. The first-order valence-electron chi connectivity index (χ1n) is 13.9. The fourth-order valence-corrected chi connectivity index (χ4v) is 5.78. The minimum Gasteiger partial charge on any atom is -0.492 e. The largest absolute Gasteiger partial charge is 0.492 e. The fourth-order valence-electron chi connectivity index (χ4n) is 5.78. The van der Waals surface area contributed by atoms with E-state index in [4.69, 9.17) is 14.2 Å². The van der Waals surface area contributed by atoms with Gasteiger partial charge in [-0.25, -0.2) is 0 Å². The average Bonchev–Trinajstić information content (AvgIpc) is 3.62. The van der Waals surface area contributed by atoms with Crippen molar-refractivity contribution in [3.05, 3.63) is 101 Å². The number of ketones is 1. The van der Waals surface area contributed by atoms with Crippen LogP contribution in [-0.2, 0) is 11.2 Å². The Morgan fingerprint density at radius 1 is 0.868 bits per heavy atom. The predicted molar refractivity (Wildman–Crippen MR) is 149 cm³/mol. The number of nitrogens with zero attached hydrogens (tertiary/aromatic N) is 1. The maximum atomic E-state index is 13.8. The maximum Gasteiger partial charge on any atom is 0.189 e. The lowest BCUT2D eigenvalue weighted by Crippen LogP contribution is -2.38. The van der Waals surface area contributed by atoms with E-state index >= 15 is 0 Å². The van der Waals surface area contributed by atoms with E-state index in [0.717, 1.165) is 79.5 Å². The summed E-state index contributed by atoms with van der Waals surface area (Å²) in [4.78, 5) is 16.1. The first kappa shape index (κ1) is 24.9. The number of allylic oxidation sites excluding steroid dienone is 1. The highest BCUT2D eigenvalue weighted by molar-refractivity contribution is 6.16. The summed E-state index contributed by atoms with van der Waals surface area (Å²) in [6, 6.07) is 24.2. The normalized spacial score (nSPS) is 18.0. The molecule has 0 bridgehead atoms. The number of hydrogen-bond acceptors (Lipinski definition) is 5. The lowest BCUT2D eigenvalue weighted by Gasteiger charge is -2.26. The Kier molecular flexibility index (Phi) is 7.56. The second kappa shape index (κ2) is 11.5. The van der Waals surface area contributed by atoms with Crippen molar-refractivity contribution in [3.63, 3.8) is 0 Å².